The summed E-state index contributed by atoms with van der Waals surface area (Å²) in [6, 6.07) is 3.65. The number of hydrogen-bond donors (Lipinski definition) is 1. The number of nitrogens with zero attached hydrogens (tertiary/aromatic N) is 1. The van der Waals surface area contributed by atoms with Crippen LogP contribution in [0.2, 0.25) is 0 Å². The van der Waals surface area contributed by atoms with Crippen molar-refractivity contribution < 1.29 is 0 Å². The molecule has 0 radical (unpaired) electrons. The SMILES string of the molecule is NCC1CCCCN(C2CC2)C1c1cc(Br)c(Br)s1. The summed E-state index contributed by atoms with van der Waals surface area (Å²) in [6.45, 7) is 2.06. The van der Waals surface area contributed by atoms with Crippen molar-refractivity contribution in [2.24, 2.45) is 11.7 Å². The molecule has 5 heteroatoms. The summed E-state index contributed by atoms with van der Waals surface area (Å²) in [5, 5.41) is 0. The van der Waals surface area contributed by atoms with Crippen molar-refractivity contribution in [1.29, 1.82) is 0 Å². The van der Waals surface area contributed by atoms with Crippen LogP contribution in [0, 0.1) is 5.92 Å². The highest BCUT2D eigenvalue weighted by atomic mass is 79.9. The van der Waals surface area contributed by atoms with Crippen molar-refractivity contribution in [1.82, 2.24) is 4.90 Å². The van der Waals surface area contributed by atoms with Gasteiger partial charge >= 0.3 is 0 Å². The van der Waals surface area contributed by atoms with Crippen molar-refractivity contribution in [3.63, 3.8) is 0 Å². The fourth-order valence-electron chi connectivity index (χ4n) is 3.24. The lowest BCUT2D eigenvalue weighted by Crippen LogP contribution is -2.36. The Bertz CT molecular complexity index is 425. The molecule has 2 unspecified atom stereocenters. The van der Waals surface area contributed by atoms with E-state index in [0.29, 0.717) is 12.0 Å². The number of rotatable bonds is 3. The lowest BCUT2D eigenvalue weighted by molar-refractivity contribution is 0.152. The van der Waals surface area contributed by atoms with Gasteiger partial charge in [-0.3, -0.25) is 4.90 Å². The molecule has 3 rings (SSSR count). The predicted octanol–water partition coefficient (Wildman–Crippen LogP) is 4.54. The van der Waals surface area contributed by atoms with E-state index in [-0.39, 0.29) is 0 Å². The second-order valence-electron chi connectivity index (χ2n) is 5.68. The van der Waals surface area contributed by atoms with Crippen LogP contribution in [0.15, 0.2) is 14.3 Å². The first kappa shape index (κ1) is 14.5. The van der Waals surface area contributed by atoms with Gasteiger partial charge in [0.25, 0.3) is 0 Å². The van der Waals surface area contributed by atoms with Gasteiger partial charge in [0.05, 0.1) is 3.79 Å². The maximum absolute atomic E-state index is 6.08. The summed E-state index contributed by atoms with van der Waals surface area (Å²) < 4.78 is 2.39. The molecule has 0 aromatic carbocycles. The summed E-state index contributed by atoms with van der Waals surface area (Å²) in [5.74, 6) is 0.612. The molecule has 2 heterocycles. The topological polar surface area (TPSA) is 29.3 Å². The van der Waals surface area contributed by atoms with E-state index in [1.165, 1.54) is 51.8 Å². The van der Waals surface area contributed by atoms with Crippen LogP contribution in [0.5, 0.6) is 0 Å². The fourth-order valence-corrected chi connectivity index (χ4v) is 5.54. The van der Waals surface area contributed by atoms with E-state index in [4.69, 9.17) is 5.73 Å². The quantitative estimate of drug-likeness (QED) is 0.796. The summed E-state index contributed by atoms with van der Waals surface area (Å²) in [4.78, 5) is 4.22. The van der Waals surface area contributed by atoms with Gasteiger partial charge in [0.1, 0.15) is 0 Å². The molecule has 0 amide bonds. The Balaban J connectivity index is 1.93. The van der Waals surface area contributed by atoms with Gasteiger partial charge in [-0.1, -0.05) is 6.42 Å². The molecule has 2 N–H and O–H groups in total. The summed E-state index contributed by atoms with van der Waals surface area (Å²) >= 11 is 9.14. The lowest BCUT2D eigenvalue weighted by atomic mass is 9.93. The molecule has 0 spiro atoms. The molecular weight excluding hydrogens is 388 g/mol. The van der Waals surface area contributed by atoms with Crippen LogP contribution in [-0.2, 0) is 0 Å². The van der Waals surface area contributed by atoms with Gasteiger partial charge < -0.3 is 5.73 Å². The first-order valence-corrected chi connectivity index (χ1v) is 9.51. The molecule has 2 nitrogen and oxygen atoms in total. The van der Waals surface area contributed by atoms with E-state index in [2.05, 4.69) is 42.8 Å². The third-order valence-electron chi connectivity index (χ3n) is 4.32. The van der Waals surface area contributed by atoms with Crippen molar-refractivity contribution in [2.45, 2.75) is 44.2 Å². The first-order valence-electron chi connectivity index (χ1n) is 7.11. The number of halogens is 2. The van der Waals surface area contributed by atoms with Crippen molar-refractivity contribution in [3.05, 3.63) is 19.2 Å². The van der Waals surface area contributed by atoms with Gasteiger partial charge in [0.2, 0.25) is 0 Å². The first-order chi connectivity index (χ1) is 9.20. The lowest BCUT2D eigenvalue weighted by Gasteiger charge is -2.34. The zero-order chi connectivity index (χ0) is 13.4. The van der Waals surface area contributed by atoms with Gasteiger partial charge in [-0.25, -0.2) is 0 Å². The van der Waals surface area contributed by atoms with Crippen molar-refractivity contribution in [3.8, 4) is 0 Å². The molecule has 1 saturated carbocycles. The van der Waals surface area contributed by atoms with Crippen LogP contribution in [-0.4, -0.2) is 24.0 Å². The summed E-state index contributed by atoms with van der Waals surface area (Å²) in [7, 11) is 0. The second-order valence-corrected chi connectivity index (χ2v) is 8.93. The Hall–Kier alpha value is 0.580. The minimum absolute atomic E-state index is 0.535. The summed E-state index contributed by atoms with van der Waals surface area (Å²) in [5.41, 5.74) is 6.08. The Morgan fingerprint density at radius 1 is 1.26 bits per heavy atom. The Kier molecular flexibility index (Phi) is 4.69. The van der Waals surface area contributed by atoms with E-state index in [1.54, 1.807) is 0 Å². The number of hydrogen-bond acceptors (Lipinski definition) is 3. The van der Waals surface area contributed by atoms with Gasteiger partial charge in [0, 0.05) is 21.4 Å². The molecule has 1 saturated heterocycles. The average Bonchev–Trinajstić information content (AvgIpc) is 3.19. The third-order valence-corrected chi connectivity index (χ3v) is 7.65. The maximum atomic E-state index is 6.08. The molecule has 1 aliphatic carbocycles. The molecule has 1 aliphatic heterocycles. The zero-order valence-corrected chi connectivity index (χ0v) is 14.9. The van der Waals surface area contributed by atoms with E-state index in [9.17, 15) is 0 Å². The molecule has 1 aromatic heterocycles. The number of thiophene rings is 1. The van der Waals surface area contributed by atoms with Crippen LogP contribution in [0.1, 0.15) is 43.0 Å². The maximum Gasteiger partial charge on any atom is 0.0843 e. The molecule has 1 aromatic rings. The van der Waals surface area contributed by atoms with E-state index in [0.717, 1.165) is 12.6 Å². The molecule has 0 bridgehead atoms. The molecule has 106 valence electrons. The van der Waals surface area contributed by atoms with Gasteiger partial charge in [-0.15, -0.1) is 11.3 Å². The highest BCUT2D eigenvalue weighted by Crippen LogP contribution is 2.46. The van der Waals surface area contributed by atoms with Crippen LogP contribution >= 0.6 is 43.2 Å². The van der Waals surface area contributed by atoms with Crippen molar-refractivity contribution in [2.75, 3.05) is 13.1 Å². The number of likely N-dealkylation sites (tertiary alicyclic amines) is 1. The minimum Gasteiger partial charge on any atom is -0.330 e. The fraction of sp³-hybridized carbons (Fsp3) is 0.714. The third kappa shape index (κ3) is 3.10. The number of nitrogens with two attached hydrogens (primary N) is 1. The highest BCUT2D eigenvalue weighted by Gasteiger charge is 2.39. The molecular formula is C14H20Br2N2S. The average molecular weight is 408 g/mol. The van der Waals surface area contributed by atoms with E-state index < -0.39 is 0 Å². The van der Waals surface area contributed by atoms with Crippen LogP contribution in [0.3, 0.4) is 0 Å². The summed E-state index contributed by atoms with van der Waals surface area (Å²) in [6.07, 6.45) is 6.69. The van der Waals surface area contributed by atoms with E-state index >= 15 is 0 Å². The normalized spacial score (nSPS) is 29.4. The minimum atomic E-state index is 0.535. The largest absolute Gasteiger partial charge is 0.330 e. The molecule has 2 atom stereocenters. The smallest absolute Gasteiger partial charge is 0.0843 e. The molecule has 2 aliphatic rings. The van der Waals surface area contributed by atoms with Crippen LogP contribution in [0.4, 0.5) is 0 Å². The van der Waals surface area contributed by atoms with Gasteiger partial charge in [-0.05, 0) is 82.6 Å². The Labute approximate surface area is 136 Å². The zero-order valence-electron chi connectivity index (χ0n) is 10.9. The Morgan fingerprint density at radius 2 is 2.05 bits per heavy atom. The molecule has 2 fully saturated rings. The molecule has 19 heavy (non-hydrogen) atoms. The van der Waals surface area contributed by atoms with Crippen LogP contribution < -0.4 is 5.73 Å². The highest BCUT2D eigenvalue weighted by molar-refractivity contribution is 9.13. The predicted molar refractivity (Wildman–Crippen MR) is 88.6 cm³/mol. The second kappa shape index (κ2) is 6.14. The van der Waals surface area contributed by atoms with Crippen LogP contribution in [0.25, 0.3) is 0 Å². The van der Waals surface area contributed by atoms with Gasteiger partial charge in [0.15, 0.2) is 0 Å². The van der Waals surface area contributed by atoms with Gasteiger partial charge in [-0.2, -0.15) is 0 Å². The van der Waals surface area contributed by atoms with Crippen molar-refractivity contribution >= 4 is 43.2 Å². The van der Waals surface area contributed by atoms with E-state index in [1.807, 2.05) is 11.3 Å². The standard InChI is InChI=1S/C14H20Br2N2S/c15-11-7-12(19-14(11)16)13-9(8-17)3-1-2-6-18(13)10-4-5-10/h7,9-10,13H,1-6,8,17H2. The monoisotopic (exact) mass is 406 g/mol. The Morgan fingerprint density at radius 3 is 2.63 bits per heavy atom.